The van der Waals surface area contributed by atoms with Crippen LogP contribution in [0.3, 0.4) is 0 Å². The molecule has 0 aromatic heterocycles. The van der Waals surface area contributed by atoms with Crippen LogP contribution in [0.2, 0.25) is 0 Å². The molecule has 0 saturated heterocycles. The molecule has 0 heterocycles. The molecule has 0 fully saturated rings. The summed E-state index contributed by atoms with van der Waals surface area (Å²) < 4.78 is 0. The molecule has 0 nitrogen and oxygen atoms in total. The molecule has 68 heavy (non-hydrogen) atoms. The monoisotopic (exact) mass is 905 g/mol. The smallest absolute Gasteiger partial charge is 0.0215 e. The molecule has 0 bridgehead atoms. The predicted molar refractivity (Wildman–Crippen MR) is 298 cm³/mol. The maximum absolute atomic E-state index is 2.68. The van der Waals surface area contributed by atoms with Crippen molar-refractivity contribution in [2.24, 2.45) is 0 Å². The molecule has 8 rings (SSSR count). The van der Waals surface area contributed by atoms with Crippen molar-refractivity contribution in [3.05, 3.63) is 144 Å². The first-order valence-corrected chi connectivity index (χ1v) is 28.6. The molecule has 0 N–H and O–H groups in total. The first-order valence-electron chi connectivity index (χ1n) is 28.6. The Kier molecular flexibility index (Phi) is 18.3. The van der Waals surface area contributed by atoms with E-state index in [-0.39, 0.29) is 10.8 Å². The van der Waals surface area contributed by atoms with Crippen LogP contribution in [0.15, 0.2) is 121 Å². The van der Waals surface area contributed by atoms with Crippen LogP contribution in [0.4, 0.5) is 0 Å². The molecule has 4 aliphatic rings. The van der Waals surface area contributed by atoms with E-state index in [0.29, 0.717) is 0 Å². The van der Waals surface area contributed by atoms with Gasteiger partial charge in [-0.3, -0.25) is 0 Å². The lowest BCUT2D eigenvalue weighted by Crippen LogP contribution is -2.25. The quantitative estimate of drug-likeness (QED) is 0.0395. The van der Waals surface area contributed by atoms with Crippen molar-refractivity contribution >= 4 is 0 Å². The Bertz CT molecular complexity index is 2240. The zero-order valence-corrected chi connectivity index (χ0v) is 43.3. The second-order valence-corrected chi connectivity index (χ2v) is 21.6. The minimum absolute atomic E-state index is 0.0671. The largest absolute Gasteiger partial charge is 0.0654 e. The van der Waals surface area contributed by atoms with Gasteiger partial charge < -0.3 is 0 Å². The van der Waals surface area contributed by atoms with Gasteiger partial charge in [0.1, 0.15) is 0 Å². The van der Waals surface area contributed by atoms with E-state index in [9.17, 15) is 0 Å². The van der Waals surface area contributed by atoms with Crippen LogP contribution in [0.25, 0.3) is 55.6 Å². The van der Waals surface area contributed by atoms with Crippen molar-refractivity contribution in [2.75, 3.05) is 0 Å². The SMILES string of the molecule is CCCCCCCCC1(CCCCCCCC)c2ccccc2-c2ccc(-c3cc(-c4ccc5c(c4)C(CCCCCCCC)(CCCCCCCC)c4ccccc4-5)c4cccccc3-4)cc21. The standard InChI is InChI=1S/C68H88/c1-5-9-13-17-21-32-46-67(47-33-22-18-14-10-6-2)63-40-30-28-38-57(63)59-44-42-53(50-65(59)67)61-52-62(56-37-27-25-26-36-55(56)61)54-43-45-60-58-39-29-31-41-64(58)68(66(60)51-54,48-34-23-19-15-11-7-3)49-35-24-20-16-12-8-4/h25-31,36-45,50-52H,5-24,32-35,46-49H2,1-4H3. The molecular weight excluding hydrogens is 817 g/mol. The first kappa shape index (κ1) is 50.0. The Balaban J connectivity index is 1.19. The summed E-state index contributed by atoms with van der Waals surface area (Å²) in [6, 6.07) is 48.6. The highest BCUT2D eigenvalue weighted by atomic mass is 14.5. The fourth-order valence-electron chi connectivity index (χ4n) is 13.2. The third-order valence-corrected chi connectivity index (χ3v) is 16.9. The van der Waals surface area contributed by atoms with Gasteiger partial charge in [-0.25, -0.2) is 0 Å². The molecule has 0 aliphatic heterocycles. The molecule has 0 amide bonds. The van der Waals surface area contributed by atoms with E-state index in [2.05, 4.69) is 149 Å². The van der Waals surface area contributed by atoms with Crippen molar-refractivity contribution in [3.63, 3.8) is 0 Å². The first-order chi connectivity index (χ1) is 33.6. The van der Waals surface area contributed by atoms with Gasteiger partial charge in [0, 0.05) is 10.8 Å². The van der Waals surface area contributed by atoms with E-state index in [1.807, 2.05) is 0 Å². The van der Waals surface area contributed by atoms with Gasteiger partial charge in [-0.2, -0.15) is 0 Å². The molecule has 0 unspecified atom stereocenters. The van der Waals surface area contributed by atoms with E-state index in [1.165, 1.54) is 235 Å². The molecule has 0 saturated carbocycles. The molecule has 0 atom stereocenters. The Morgan fingerprint density at radius 3 is 0.897 bits per heavy atom. The molecular formula is C68H88. The summed E-state index contributed by atoms with van der Waals surface area (Å²) in [5.74, 6) is 0. The summed E-state index contributed by atoms with van der Waals surface area (Å²) in [5.41, 5.74) is 20.7. The van der Waals surface area contributed by atoms with E-state index in [4.69, 9.17) is 0 Å². The van der Waals surface area contributed by atoms with Gasteiger partial charge in [-0.05, 0) is 122 Å². The third kappa shape index (κ3) is 11.0. The summed E-state index contributed by atoms with van der Waals surface area (Å²) in [4.78, 5) is 0. The van der Waals surface area contributed by atoms with Gasteiger partial charge in [-0.15, -0.1) is 0 Å². The van der Waals surface area contributed by atoms with E-state index < -0.39 is 0 Å². The lowest BCUT2D eigenvalue weighted by atomic mass is 9.70. The van der Waals surface area contributed by atoms with Crippen molar-refractivity contribution in [2.45, 2.75) is 218 Å². The second-order valence-electron chi connectivity index (χ2n) is 21.6. The number of fused-ring (bicyclic) bond motifs is 7. The average Bonchev–Trinajstić information content (AvgIpc) is 3.87. The number of unbranched alkanes of at least 4 members (excludes halogenated alkanes) is 20. The Morgan fingerprint density at radius 2 is 0.529 bits per heavy atom. The molecule has 0 heteroatoms. The fourth-order valence-corrected chi connectivity index (χ4v) is 13.2. The molecule has 4 aromatic rings. The van der Waals surface area contributed by atoms with Crippen LogP contribution in [0.1, 0.15) is 230 Å². The summed E-state index contributed by atoms with van der Waals surface area (Å²) >= 11 is 0. The number of rotatable bonds is 30. The summed E-state index contributed by atoms with van der Waals surface area (Å²) in [5, 5.41) is 0. The summed E-state index contributed by atoms with van der Waals surface area (Å²) in [7, 11) is 0. The third-order valence-electron chi connectivity index (χ3n) is 16.9. The van der Waals surface area contributed by atoms with Crippen LogP contribution in [-0.2, 0) is 10.8 Å². The van der Waals surface area contributed by atoms with Gasteiger partial charge in [0.05, 0.1) is 0 Å². The van der Waals surface area contributed by atoms with Crippen LogP contribution in [0.5, 0.6) is 0 Å². The maximum atomic E-state index is 2.68. The van der Waals surface area contributed by atoms with E-state index in [1.54, 1.807) is 22.3 Å². The molecule has 4 aromatic carbocycles. The van der Waals surface area contributed by atoms with Gasteiger partial charge in [0.2, 0.25) is 0 Å². The van der Waals surface area contributed by atoms with Crippen LogP contribution >= 0.6 is 0 Å². The van der Waals surface area contributed by atoms with Gasteiger partial charge in [-0.1, -0.05) is 285 Å². The van der Waals surface area contributed by atoms with Gasteiger partial charge in [0.25, 0.3) is 0 Å². The maximum Gasteiger partial charge on any atom is 0.0215 e. The summed E-state index contributed by atoms with van der Waals surface area (Å²) in [6.45, 7) is 9.35. The van der Waals surface area contributed by atoms with Gasteiger partial charge in [0.15, 0.2) is 0 Å². The van der Waals surface area contributed by atoms with Gasteiger partial charge >= 0.3 is 0 Å². The zero-order chi connectivity index (χ0) is 47.0. The molecule has 4 aliphatic carbocycles. The van der Waals surface area contributed by atoms with E-state index >= 15 is 0 Å². The lowest BCUT2D eigenvalue weighted by molar-refractivity contribution is 0.398. The minimum atomic E-state index is 0.0671. The number of benzene rings is 4. The van der Waals surface area contributed by atoms with Crippen molar-refractivity contribution in [3.8, 4) is 55.6 Å². The van der Waals surface area contributed by atoms with Crippen LogP contribution < -0.4 is 0 Å². The topological polar surface area (TPSA) is 0 Å². The highest BCUT2D eigenvalue weighted by Crippen LogP contribution is 2.58. The molecule has 0 radical (unpaired) electrons. The summed E-state index contributed by atoms with van der Waals surface area (Å²) in [6.07, 6.45) is 37.2. The highest BCUT2D eigenvalue weighted by molar-refractivity contribution is 5.99. The normalized spacial score (nSPS) is 14.0. The lowest BCUT2D eigenvalue weighted by Gasteiger charge is -2.33. The van der Waals surface area contributed by atoms with Crippen molar-refractivity contribution < 1.29 is 0 Å². The van der Waals surface area contributed by atoms with Crippen molar-refractivity contribution in [1.29, 1.82) is 0 Å². The fraction of sp³-hybridized carbons (Fsp3) is 0.500. The van der Waals surface area contributed by atoms with Crippen molar-refractivity contribution in [1.82, 2.24) is 0 Å². The average molecular weight is 905 g/mol. The number of hydrogen-bond donors (Lipinski definition) is 0. The zero-order valence-electron chi connectivity index (χ0n) is 43.3. The van der Waals surface area contributed by atoms with E-state index in [0.717, 1.165) is 0 Å². The predicted octanol–water partition coefficient (Wildman–Crippen LogP) is 21.7. The minimum Gasteiger partial charge on any atom is -0.0654 e. The Hall–Kier alpha value is -4.42. The highest BCUT2D eigenvalue weighted by Gasteiger charge is 2.44. The molecule has 360 valence electrons. The Labute approximate surface area is 415 Å². The van der Waals surface area contributed by atoms with Crippen LogP contribution in [0, 0.1) is 0 Å². The second kappa shape index (κ2) is 24.9. The Morgan fingerprint density at radius 1 is 0.235 bits per heavy atom. The van der Waals surface area contributed by atoms with Crippen LogP contribution in [-0.4, -0.2) is 0 Å². The number of hydrogen-bond acceptors (Lipinski definition) is 0. The molecule has 0 spiro atoms.